The van der Waals surface area contributed by atoms with Crippen molar-refractivity contribution in [2.75, 3.05) is 25.3 Å². The minimum absolute atomic E-state index is 0.308. The summed E-state index contributed by atoms with van der Waals surface area (Å²) in [7, 11) is 3.04. The van der Waals surface area contributed by atoms with Crippen molar-refractivity contribution in [3.63, 3.8) is 0 Å². The number of anilines is 2. The van der Waals surface area contributed by atoms with Crippen molar-refractivity contribution >= 4 is 33.2 Å². The number of methoxy groups -OCH3 is 2. The van der Waals surface area contributed by atoms with E-state index < -0.39 is 0 Å². The molecule has 21 heavy (non-hydrogen) atoms. The number of benzene rings is 2. The topological polar surface area (TPSA) is 73.6 Å². The summed E-state index contributed by atoms with van der Waals surface area (Å²) in [6.45, 7) is 0. The average Bonchev–Trinajstić information content (AvgIpc) is 2.47. The Kier molecular flexibility index (Phi) is 4.70. The fraction of sp³-hybridized carbons (Fsp3) is 0.133. The summed E-state index contributed by atoms with van der Waals surface area (Å²) in [4.78, 5) is 12.4. The number of rotatable bonds is 4. The van der Waals surface area contributed by atoms with Crippen molar-refractivity contribution in [1.29, 1.82) is 0 Å². The first-order valence-corrected chi connectivity index (χ1v) is 6.93. The molecule has 0 aliphatic rings. The van der Waals surface area contributed by atoms with E-state index in [1.807, 2.05) is 0 Å². The van der Waals surface area contributed by atoms with Gasteiger partial charge in [0.2, 0.25) is 0 Å². The number of carbonyl (C=O) groups excluding carboxylic acids is 1. The second-order valence-electron chi connectivity index (χ2n) is 4.26. The molecule has 3 N–H and O–H groups in total. The summed E-state index contributed by atoms with van der Waals surface area (Å²) in [6.07, 6.45) is 0. The van der Waals surface area contributed by atoms with Gasteiger partial charge in [0.15, 0.2) is 0 Å². The minimum Gasteiger partial charge on any atom is -0.496 e. The van der Waals surface area contributed by atoms with E-state index in [0.717, 1.165) is 4.47 Å². The molecule has 5 nitrogen and oxygen atoms in total. The van der Waals surface area contributed by atoms with Gasteiger partial charge in [0, 0.05) is 10.2 Å². The van der Waals surface area contributed by atoms with Gasteiger partial charge in [-0.25, -0.2) is 0 Å². The molecule has 0 aliphatic carbocycles. The van der Waals surface area contributed by atoms with Crippen molar-refractivity contribution in [2.45, 2.75) is 0 Å². The highest BCUT2D eigenvalue weighted by Gasteiger charge is 2.15. The predicted molar refractivity (Wildman–Crippen MR) is 86.1 cm³/mol. The van der Waals surface area contributed by atoms with Crippen LogP contribution in [0, 0.1) is 0 Å². The van der Waals surface area contributed by atoms with Gasteiger partial charge >= 0.3 is 0 Å². The molecule has 0 atom stereocenters. The molecule has 2 rings (SSSR count). The number of carbonyl (C=O) groups is 1. The zero-order chi connectivity index (χ0) is 15.4. The fourth-order valence-electron chi connectivity index (χ4n) is 1.87. The lowest BCUT2D eigenvalue weighted by atomic mass is 10.1. The number of nitrogens with two attached hydrogens (primary N) is 1. The summed E-state index contributed by atoms with van der Waals surface area (Å²) < 4.78 is 11.2. The molecule has 6 heteroatoms. The number of hydrogen-bond acceptors (Lipinski definition) is 4. The van der Waals surface area contributed by atoms with E-state index in [1.165, 1.54) is 14.2 Å². The molecule has 0 radical (unpaired) electrons. The molecule has 0 unspecified atom stereocenters. The van der Waals surface area contributed by atoms with Gasteiger partial charge in [-0.3, -0.25) is 4.79 Å². The molecule has 0 saturated heterocycles. The van der Waals surface area contributed by atoms with Crippen LogP contribution in [0.2, 0.25) is 0 Å². The lowest BCUT2D eigenvalue weighted by molar-refractivity contribution is 0.102. The van der Waals surface area contributed by atoms with E-state index >= 15 is 0 Å². The third-order valence-corrected chi connectivity index (χ3v) is 3.37. The number of hydrogen-bond donors (Lipinski definition) is 2. The van der Waals surface area contributed by atoms with E-state index in [4.69, 9.17) is 15.2 Å². The summed E-state index contributed by atoms with van der Waals surface area (Å²) in [5.74, 6) is 0.710. The summed E-state index contributed by atoms with van der Waals surface area (Å²) in [5, 5.41) is 2.78. The van der Waals surface area contributed by atoms with Crippen molar-refractivity contribution < 1.29 is 14.3 Å². The lowest BCUT2D eigenvalue weighted by Crippen LogP contribution is -2.14. The van der Waals surface area contributed by atoms with Crippen LogP contribution in [0.1, 0.15) is 10.4 Å². The molecule has 0 bridgehead atoms. The molecule has 0 aromatic heterocycles. The van der Waals surface area contributed by atoms with Crippen LogP contribution in [0.5, 0.6) is 11.5 Å². The first-order valence-electron chi connectivity index (χ1n) is 6.13. The first kappa shape index (κ1) is 15.2. The van der Waals surface area contributed by atoms with Crippen LogP contribution in [0.4, 0.5) is 11.4 Å². The minimum atomic E-state index is -0.308. The van der Waals surface area contributed by atoms with Crippen LogP contribution in [-0.2, 0) is 0 Å². The van der Waals surface area contributed by atoms with Gasteiger partial charge in [0.25, 0.3) is 5.91 Å². The fourth-order valence-corrected chi connectivity index (χ4v) is 2.23. The third-order valence-electron chi connectivity index (χ3n) is 2.88. The molecular weight excluding hydrogens is 336 g/mol. The number of amides is 1. The van der Waals surface area contributed by atoms with Gasteiger partial charge in [0.1, 0.15) is 11.5 Å². The molecule has 0 aliphatic heterocycles. The molecule has 1 amide bonds. The maximum Gasteiger partial charge on any atom is 0.259 e. The lowest BCUT2D eigenvalue weighted by Gasteiger charge is -2.13. The van der Waals surface area contributed by atoms with E-state index in [0.29, 0.717) is 28.4 Å². The molecule has 0 fully saturated rings. The van der Waals surface area contributed by atoms with Gasteiger partial charge in [-0.2, -0.15) is 0 Å². The highest BCUT2D eigenvalue weighted by Crippen LogP contribution is 2.29. The Hall–Kier alpha value is -2.21. The Balaban J connectivity index is 2.34. The van der Waals surface area contributed by atoms with Crippen molar-refractivity contribution in [2.24, 2.45) is 0 Å². The Bertz CT molecular complexity index is 674. The maximum atomic E-state index is 12.4. The number of nitrogen functional groups attached to an aromatic ring is 1. The number of nitrogens with one attached hydrogen (secondary N) is 1. The Labute approximate surface area is 131 Å². The second-order valence-corrected chi connectivity index (χ2v) is 5.17. The van der Waals surface area contributed by atoms with Crippen molar-refractivity contribution in [3.8, 4) is 11.5 Å². The molecule has 110 valence electrons. The van der Waals surface area contributed by atoms with Crippen LogP contribution in [0.25, 0.3) is 0 Å². The smallest absolute Gasteiger partial charge is 0.259 e. The van der Waals surface area contributed by atoms with Gasteiger partial charge in [-0.15, -0.1) is 0 Å². The summed E-state index contributed by atoms with van der Waals surface area (Å²) >= 11 is 3.34. The van der Waals surface area contributed by atoms with E-state index in [9.17, 15) is 4.79 Å². The van der Waals surface area contributed by atoms with Crippen LogP contribution in [0.15, 0.2) is 40.9 Å². The highest BCUT2D eigenvalue weighted by atomic mass is 79.9. The standard InChI is InChI=1S/C15H15BrN2O3/c1-20-13-5-3-9(16)7-11(13)15(19)18-12-8-10(17)4-6-14(12)21-2/h3-8H,17H2,1-2H3,(H,18,19). The monoisotopic (exact) mass is 350 g/mol. The van der Waals surface area contributed by atoms with Gasteiger partial charge < -0.3 is 20.5 Å². The average molecular weight is 351 g/mol. The van der Waals surface area contributed by atoms with Gasteiger partial charge in [-0.1, -0.05) is 15.9 Å². The Morgan fingerprint density at radius 3 is 2.43 bits per heavy atom. The van der Waals surface area contributed by atoms with Crippen LogP contribution < -0.4 is 20.5 Å². The zero-order valence-corrected chi connectivity index (χ0v) is 13.2. The molecule has 0 saturated carbocycles. The van der Waals surface area contributed by atoms with Crippen molar-refractivity contribution in [1.82, 2.24) is 0 Å². The van der Waals surface area contributed by atoms with Gasteiger partial charge in [-0.05, 0) is 36.4 Å². The molecule has 0 spiro atoms. The van der Waals surface area contributed by atoms with E-state index in [-0.39, 0.29) is 5.91 Å². The summed E-state index contributed by atoms with van der Waals surface area (Å²) in [6, 6.07) is 10.2. The van der Waals surface area contributed by atoms with Crippen LogP contribution >= 0.6 is 15.9 Å². The van der Waals surface area contributed by atoms with Crippen LogP contribution in [-0.4, -0.2) is 20.1 Å². The molecule has 2 aromatic carbocycles. The Morgan fingerprint density at radius 1 is 1.10 bits per heavy atom. The van der Waals surface area contributed by atoms with Crippen LogP contribution in [0.3, 0.4) is 0 Å². The third kappa shape index (κ3) is 3.46. The normalized spacial score (nSPS) is 10.0. The quantitative estimate of drug-likeness (QED) is 0.829. The molecule has 0 heterocycles. The SMILES string of the molecule is COc1ccc(N)cc1NC(=O)c1cc(Br)ccc1OC. The van der Waals surface area contributed by atoms with E-state index in [2.05, 4.69) is 21.2 Å². The predicted octanol–water partition coefficient (Wildman–Crippen LogP) is 3.30. The van der Waals surface area contributed by atoms with E-state index in [1.54, 1.807) is 36.4 Å². The number of ether oxygens (including phenoxy) is 2. The highest BCUT2D eigenvalue weighted by molar-refractivity contribution is 9.10. The van der Waals surface area contributed by atoms with Crippen molar-refractivity contribution in [3.05, 3.63) is 46.4 Å². The molecule has 2 aromatic rings. The number of halogens is 1. The second kappa shape index (κ2) is 6.49. The Morgan fingerprint density at radius 2 is 1.76 bits per heavy atom. The first-order chi connectivity index (χ1) is 10.0. The van der Waals surface area contributed by atoms with Gasteiger partial charge in [0.05, 0.1) is 25.5 Å². The maximum absolute atomic E-state index is 12.4. The zero-order valence-electron chi connectivity index (χ0n) is 11.6. The summed E-state index contributed by atoms with van der Waals surface area (Å²) in [5.41, 5.74) is 7.19. The largest absolute Gasteiger partial charge is 0.496 e. The molecular formula is C15H15BrN2O3.